The number of fused-ring (bicyclic) bond motifs is 1. The summed E-state index contributed by atoms with van der Waals surface area (Å²) in [6, 6.07) is 6.69. The predicted molar refractivity (Wildman–Crippen MR) is 93.8 cm³/mol. The van der Waals surface area contributed by atoms with E-state index in [1.807, 2.05) is 0 Å². The summed E-state index contributed by atoms with van der Waals surface area (Å²) in [7, 11) is 1.17. The molecular weight excluding hydrogens is 382 g/mol. The fourth-order valence-electron chi connectivity index (χ4n) is 2.58. The second kappa shape index (κ2) is 7.22. The number of hydrogen-bond acceptors (Lipinski definition) is 3. The molecule has 1 aromatic heterocycles. The normalized spacial score (nSPS) is 11.3. The highest BCUT2D eigenvalue weighted by molar-refractivity contribution is 6.07. The van der Waals surface area contributed by atoms with E-state index in [2.05, 4.69) is 15.4 Å². The third kappa shape index (κ3) is 3.90. The Morgan fingerprint density at radius 2 is 1.71 bits per heavy atom. The summed E-state index contributed by atoms with van der Waals surface area (Å²) >= 11 is 0. The van der Waals surface area contributed by atoms with Crippen LogP contribution < -0.4 is 10.6 Å². The number of benzene rings is 2. The van der Waals surface area contributed by atoms with Gasteiger partial charge in [-0.2, -0.15) is 13.2 Å². The van der Waals surface area contributed by atoms with Crippen molar-refractivity contribution >= 4 is 34.4 Å². The third-order valence-electron chi connectivity index (χ3n) is 3.86. The van der Waals surface area contributed by atoms with Gasteiger partial charge in [-0.3, -0.25) is 4.57 Å². The maximum Gasteiger partial charge on any atom is 0.418 e. The number of carbonyl (C=O) groups excluding carboxylic acids is 2. The SMILES string of the molecule is COC(=O)n1cc(NC(=O)Nc2ccc(C(F)(F)F)cc2)c2cc(F)ccc21. The summed E-state index contributed by atoms with van der Waals surface area (Å²) in [4.78, 5) is 24.0. The Balaban J connectivity index is 1.83. The molecule has 10 heteroatoms. The van der Waals surface area contributed by atoms with Crippen LogP contribution in [0.1, 0.15) is 5.56 Å². The Bertz CT molecular complexity index is 1040. The van der Waals surface area contributed by atoms with Crippen LogP contribution in [0.5, 0.6) is 0 Å². The van der Waals surface area contributed by atoms with Gasteiger partial charge in [-0.05, 0) is 42.5 Å². The van der Waals surface area contributed by atoms with Gasteiger partial charge >= 0.3 is 18.3 Å². The zero-order valence-corrected chi connectivity index (χ0v) is 14.3. The fourth-order valence-corrected chi connectivity index (χ4v) is 2.58. The lowest BCUT2D eigenvalue weighted by molar-refractivity contribution is -0.137. The molecule has 0 unspecified atom stereocenters. The van der Waals surface area contributed by atoms with Gasteiger partial charge in [0.25, 0.3) is 0 Å². The van der Waals surface area contributed by atoms with Crippen molar-refractivity contribution in [1.82, 2.24) is 4.57 Å². The van der Waals surface area contributed by atoms with Crippen LogP contribution in [0.15, 0.2) is 48.7 Å². The summed E-state index contributed by atoms with van der Waals surface area (Å²) in [6.07, 6.45) is -3.98. The van der Waals surface area contributed by atoms with Crippen molar-refractivity contribution in [2.45, 2.75) is 6.18 Å². The zero-order chi connectivity index (χ0) is 20.5. The van der Waals surface area contributed by atoms with E-state index in [1.54, 1.807) is 0 Å². The maximum atomic E-state index is 13.6. The Morgan fingerprint density at radius 1 is 1.04 bits per heavy atom. The van der Waals surface area contributed by atoms with Crippen LogP contribution in [0.25, 0.3) is 10.9 Å². The van der Waals surface area contributed by atoms with Crippen molar-refractivity contribution in [2.75, 3.05) is 17.7 Å². The van der Waals surface area contributed by atoms with Crippen LogP contribution >= 0.6 is 0 Å². The minimum atomic E-state index is -4.49. The van der Waals surface area contributed by atoms with E-state index >= 15 is 0 Å². The van der Waals surface area contributed by atoms with Gasteiger partial charge < -0.3 is 15.4 Å². The molecule has 0 saturated heterocycles. The summed E-state index contributed by atoms with van der Waals surface area (Å²) in [5.41, 5.74) is -0.314. The molecule has 0 aliphatic rings. The van der Waals surface area contributed by atoms with Crippen LogP contribution in [0, 0.1) is 5.82 Å². The highest BCUT2D eigenvalue weighted by atomic mass is 19.4. The quantitative estimate of drug-likeness (QED) is 0.596. The fraction of sp³-hybridized carbons (Fsp3) is 0.111. The third-order valence-corrected chi connectivity index (χ3v) is 3.86. The number of rotatable bonds is 2. The number of amides is 2. The Kier molecular flexibility index (Phi) is 4.95. The number of ether oxygens (including phenoxy) is 1. The van der Waals surface area contributed by atoms with Crippen molar-refractivity contribution in [3.63, 3.8) is 0 Å². The van der Waals surface area contributed by atoms with E-state index in [4.69, 9.17) is 0 Å². The first-order valence-corrected chi connectivity index (χ1v) is 7.83. The number of nitrogens with zero attached hydrogens (tertiary/aromatic N) is 1. The smallest absolute Gasteiger partial charge is 0.418 e. The van der Waals surface area contributed by atoms with Crippen LogP contribution in [0.2, 0.25) is 0 Å². The lowest BCUT2D eigenvalue weighted by atomic mass is 10.2. The summed E-state index contributed by atoms with van der Waals surface area (Å²) in [5, 5.41) is 5.05. The van der Waals surface area contributed by atoms with Gasteiger partial charge in [0, 0.05) is 17.3 Å². The van der Waals surface area contributed by atoms with Crippen LogP contribution in [-0.2, 0) is 10.9 Å². The topological polar surface area (TPSA) is 72.4 Å². The first kappa shape index (κ1) is 19.2. The largest absolute Gasteiger partial charge is 0.452 e. The summed E-state index contributed by atoms with van der Waals surface area (Å²) in [6.45, 7) is 0. The lowest BCUT2D eigenvalue weighted by Gasteiger charge is -2.09. The number of nitrogens with one attached hydrogen (secondary N) is 2. The number of urea groups is 1. The molecular formula is C18H13F4N3O3. The molecule has 6 nitrogen and oxygen atoms in total. The van der Waals surface area contributed by atoms with Crippen molar-refractivity contribution in [3.05, 3.63) is 60.0 Å². The summed E-state index contributed by atoms with van der Waals surface area (Å²) < 4.78 is 57.0. The monoisotopic (exact) mass is 395 g/mol. The van der Waals surface area contributed by atoms with Crippen LogP contribution in [0.4, 0.5) is 38.5 Å². The van der Waals surface area contributed by atoms with Gasteiger partial charge in [-0.25, -0.2) is 14.0 Å². The molecule has 0 atom stereocenters. The van der Waals surface area contributed by atoms with Crippen molar-refractivity contribution in [1.29, 1.82) is 0 Å². The molecule has 0 saturated carbocycles. The number of methoxy groups -OCH3 is 1. The van der Waals surface area contributed by atoms with E-state index in [9.17, 15) is 27.2 Å². The number of alkyl halides is 3. The average Bonchev–Trinajstić information content (AvgIpc) is 2.98. The highest BCUT2D eigenvalue weighted by Gasteiger charge is 2.30. The van der Waals surface area contributed by atoms with Gasteiger partial charge in [0.1, 0.15) is 5.82 Å². The lowest BCUT2D eigenvalue weighted by Crippen LogP contribution is -2.19. The zero-order valence-electron chi connectivity index (χ0n) is 14.3. The molecule has 0 fully saturated rings. The number of anilines is 2. The van der Waals surface area contributed by atoms with Crippen LogP contribution in [-0.4, -0.2) is 23.8 Å². The molecule has 3 aromatic rings. The number of carbonyl (C=O) groups is 2. The number of aromatic nitrogens is 1. The molecule has 2 N–H and O–H groups in total. The molecule has 1 heterocycles. The van der Waals surface area contributed by atoms with E-state index in [-0.39, 0.29) is 16.8 Å². The van der Waals surface area contributed by atoms with Gasteiger partial charge in [0.2, 0.25) is 0 Å². The highest BCUT2D eigenvalue weighted by Crippen LogP contribution is 2.30. The Labute approximate surface area is 155 Å². The maximum absolute atomic E-state index is 13.6. The van der Waals surface area contributed by atoms with E-state index in [1.165, 1.54) is 19.4 Å². The second-order valence-corrected chi connectivity index (χ2v) is 5.70. The molecule has 3 rings (SSSR count). The van der Waals surface area contributed by atoms with Crippen molar-refractivity contribution in [2.24, 2.45) is 0 Å². The Morgan fingerprint density at radius 3 is 2.32 bits per heavy atom. The average molecular weight is 395 g/mol. The van der Waals surface area contributed by atoms with E-state index in [0.717, 1.165) is 41.0 Å². The molecule has 0 aliphatic carbocycles. The minimum absolute atomic E-state index is 0.115. The molecule has 0 radical (unpaired) electrons. The van der Waals surface area contributed by atoms with E-state index < -0.39 is 29.7 Å². The molecule has 0 aliphatic heterocycles. The van der Waals surface area contributed by atoms with Crippen molar-refractivity contribution < 1.29 is 31.9 Å². The first-order chi connectivity index (χ1) is 13.2. The second-order valence-electron chi connectivity index (χ2n) is 5.70. The van der Waals surface area contributed by atoms with Gasteiger partial charge in [-0.15, -0.1) is 0 Å². The molecule has 28 heavy (non-hydrogen) atoms. The standard InChI is InChI=1S/C18H13F4N3O3/c1-28-17(27)25-9-14(13-8-11(19)4-7-15(13)25)24-16(26)23-12-5-2-10(3-6-12)18(20,21)22/h2-9H,1H3,(H2,23,24,26). The van der Waals surface area contributed by atoms with Crippen molar-refractivity contribution in [3.8, 4) is 0 Å². The molecule has 146 valence electrons. The Hall–Kier alpha value is -3.56. The minimum Gasteiger partial charge on any atom is -0.452 e. The van der Waals surface area contributed by atoms with Gasteiger partial charge in [0.15, 0.2) is 0 Å². The van der Waals surface area contributed by atoms with Gasteiger partial charge in [-0.1, -0.05) is 0 Å². The van der Waals surface area contributed by atoms with E-state index in [0.29, 0.717) is 5.52 Å². The molecule has 0 bridgehead atoms. The summed E-state index contributed by atoms with van der Waals surface area (Å²) in [5.74, 6) is -0.582. The van der Waals surface area contributed by atoms with Crippen LogP contribution in [0.3, 0.4) is 0 Å². The van der Waals surface area contributed by atoms with Gasteiger partial charge in [0.05, 0.1) is 23.9 Å². The first-order valence-electron chi connectivity index (χ1n) is 7.83. The molecule has 2 amide bonds. The number of hydrogen-bond donors (Lipinski definition) is 2. The number of halogens is 4. The molecule has 2 aromatic carbocycles. The predicted octanol–water partition coefficient (Wildman–Crippen LogP) is 5.06. The molecule has 0 spiro atoms.